The maximum Gasteiger partial charge on any atom is 0.252 e. The Bertz CT molecular complexity index is 1080. The summed E-state index contributed by atoms with van der Waals surface area (Å²) in [6.07, 6.45) is 2.59. The van der Waals surface area contributed by atoms with Gasteiger partial charge in [-0.1, -0.05) is 54.1 Å². The minimum Gasteiger partial charge on any atom is -0.494 e. The zero-order valence-corrected chi connectivity index (χ0v) is 18.1. The lowest BCUT2D eigenvalue weighted by Crippen LogP contribution is -2.32. The van der Waals surface area contributed by atoms with E-state index in [1.807, 2.05) is 79.7 Å². The molecule has 0 bridgehead atoms. The highest BCUT2D eigenvalue weighted by atomic mass is 35.5. The Morgan fingerprint density at radius 2 is 1.90 bits per heavy atom. The van der Waals surface area contributed by atoms with Crippen molar-refractivity contribution in [2.45, 2.75) is 19.4 Å². The molecule has 0 saturated carbocycles. The summed E-state index contributed by atoms with van der Waals surface area (Å²) in [4.78, 5) is 13.4. The lowest BCUT2D eigenvalue weighted by molar-refractivity contribution is -0.116. The fraction of sp³-hybridized carbons (Fsp3) is 0.192. The predicted molar refractivity (Wildman–Crippen MR) is 124 cm³/mol. The summed E-state index contributed by atoms with van der Waals surface area (Å²) in [7, 11) is 0. The number of halogens is 1. The highest BCUT2D eigenvalue weighted by molar-refractivity contribution is 6.30. The highest BCUT2D eigenvalue weighted by Crippen LogP contribution is 2.34. The Labute approximate surface area is 187 Å². The molecule has 4 nitrogen and oxygen atoms in total. The summed E-state index contributed by atoms with van der Waals surface area (Å²) in [5.74, 6) is 1.43. The van der Waals surface area contributed by atoms with E-state index in [9.17, 15) is 4.79 Å². The van der Waals surface area contributed by atoms with Crippen LogP contribution in [0, 0.1) is 0 Å². The van der Waals surface area contributed by atoms with Crippen LogP contribution in [0.4, 0.5) is 0 Å². The molecule has 0 aromatic heterocycles. The molecule has 1 aliphatic heterocycles. The molecule has 1 amide bonds. The van der Waals surface area contributed by atoms with Crippen LogP contribution in [-0.4, -0.2) is 19.1 Å². The highest BCUT2D eigenvalue weighted by Gasteiger charge is 2.25. The number of hydrogen-bond donors (Lipinski definition) is 1. The summed E-state index contributed by atoms with van der Waals surface area (Å²) in [5.41, 5.74) is 3.28. The molecule has 3 aromatic carbocycles. The molecule has 1 aliphatic rings. The van der Waals surface area contributed by atoms with Crippen LogP contribution in [-0.2, 0) is 4.79 Å². The van der Waals surface area contributed by atoms with E-state index in [0.29, 0.717) is 30.2 Å². The van der Waals surface area contributed by atoms with Crippen molar-refractivity contribution in [3.8, 4) is 11.5 Å². The molecule has 0 aliphatic carbocycles. The third-order valence-electron chi connectivity index (χ3n) is 5.15. The van der Waals surface area contributed by atoms with Crippen LogP contribution < -0.4 is 14.8 Å². The monoisotopic (exact) mass is 433 g/mol. The van der Waals surface area contributed by atoms with Crippen molar-refractivity contribution >= 4 is 29.2 Å². The van der Waals surface area contributed by atoms with Gasteiger partial charge < -0.3 is 14.8 Å². The summed E-state index contributed by atoms with van der Waals surface area (Å²) in [5, 5.41) is 3.80. The first kappa shape index (κ1) is 21.0. The molecule has 1 atom stereocenters. The van der Waals surface area contributed by atoms with Gasteiger partial charge in [0.2, 0.25) is 0 Å². The second-order valence-corrected chi connectivity index (χ2v) is 7.71. The van der Waals surface area contributed by atoms with Crippen molar-refractivity contribution in [3.63, 3.8) is 0 Å². The van der Waals surface area contributed by atoms with Crippen molar-refractivity contribution in [1.29, 1.82) is 0 Å². The zero-order valence-electron chi connectivity index (χ0n) is 17.3. The van der Waals surface area contributed by atoms with E-state index in [1.54, 1.807) is 6.07 Å². The van der Waals surface area contributed by atoms with E-state index >= 15 is 0 Å². The number of benzene rings is 3. The molecule has 0 spiro atoms. The van der Waals surface area contributed by atoms with Gasteiger partial charge in [-0.2, -0.15) is 0 Å². The van der Waals surface area contributed by atoms with E-state index in [4.69, 9.17) is 21.1 Å². The van der Waals surface area contributed by atoms with Gasteiger partial charge in [0.05, 0.1) is 19.3 Å². The Kier molecular flexibility index (Phi) is 6.58. The molecule has 5 heteroatoms. The van der Waals surface area contributed by atoms with Gasteiger partial charge in [0.1, 0.15) is 11.5 Å². The normalized spacial score (nSPS) is 15.5. The topological polar surface area (TPSA) is 47.6 Å². The van der Waals surface area contributed by atoms with Gasteiger partial charge in [0, 0.05) is 22.6 Å². The minimum absolute atomic E-state index is 0.141. The number of fused-ring (bicyclic) bond motifs is 1. The number of hydrogen-bond acceptors (Lipinski definition) is 3. The Balaban J connectivity index is 1.64. The standard InChI is InChI=1S/C26H24ClNO3/c1-2-30-21-11-8-18(9-12-21)16-22(19-6-4-3-5-7-19)26(29)28-24-14-15-31-25-13-10-20(27)17-23(24)25/h3-13,16-17,24H,2,14-15H2,1H3,(H,28,29)/b22-16+. The van der Waals surface area contributed by atoms with Crippen LogP contribution >= 0.6 is 11.6 Å². The van der Waals surface area contributed by atoms with Gasteiger partial charge in [0.25, 0.3) is 5.91 Å². The second-order valence-electron chi connectivity index (χ2n) is 7.27. The third-order valence-corrected chi connectivity index (χ3v) is 5.38. The molecule has 1 heterocycles. The van der Waals surface area contributed by atoms with Crippen LogP contribution in [0.3, 0.4) is 0 Å². The quantitative estimate of drug-likeness (QED) is 0.387. The van der Waals surface area contributed by atoms with Crippen LogP contribution in [0.25, 0.3) is 11.6 Å². The number of carbonyl (C=O) groups excluding carboxylic acids is 1. The SMILES string of the molecule is CCOc1ccc(/C=C(/C(=O)NC2CCOc3ccc(Cl)cc32)c2ccccc2)cc1. The van der Waals surface area contributed by atoms with Crippen molar-refractivity contribution in [3.05, 3.63) is 94.5 Å². The summed E-state index contributed by atoms with van der Waals surface area (Å²) in [6, 6.07) is 22.7. The van der Waals surface area contributed by atoms with Gasteiger partial charge in [-0.3, -0.25) is 4.79 Å². The number of carbonyl (C=O) groups is 1. The molecule has 0 radical (unpaired) electrons. The molecule has 4 rings (SSSR count). The molecule has 0 saturated heterocycles. The summed E-state index contributed by atoms with van der Waals surface area (Å²) < 4.78 is 11.2. The average Bonchev–Trinajstić information content (AvgIpc) is 2.79. The number of nitrogens with one attached hydrogen (secondary N) is 1. The maximum atomic E-state index is 13.4. The molecule has 3 aromatic rings. The largest absolute Gasteiger partial charge is 0.494 e. The van der Waals surface area contributed by atoms with Crippen molar-refractivity contribution in [1.82, 2.24) is 5.32 Å². The second kappa shape index (κ2) is 9.71. The van der Waals surface area contributed by atoms with Crippen LogP contribution in [0.2, 0.25) is 5.02 Å². The van der Waals surface area contributed by atoms with Gasteiger partial charge in [-0.15, -0.1) is 0 Å². The van der Waals surface area contributed by atoms with Crippen molar-refractivity contribution in [2.75, 3.05) is 13.2 Å². The van der Waals surface area contributed by atoms with Gasteiger partial charge in [-0.25, -0.2) is 0 Å². The van der Waals surface area contributed by atoms with E-state index in [1.165, 1.54) is 0 Å². The molecule has 31 heavy (non-hydrogen) atoms. The fourth-order valence-corrected chi connectivity index (χ4v) is 3.82. The molecule has 1 N–H and O–H groups in total. The van der Waals surface area contributed by atoms with Gasteiger partial charge >= 0.3 is 0 Å². The molecular formula is C26H24ClNO3. The lowest BCUT2D eigenvalue weighted by atomic mass is 9.98. The molecule has 0 fully saturated rings. The first-order chi connectivity index (χ1) is 15.1. The van der Waals surface area contributed by atoms with E-state index in [-0.39, 0.29) is 11.9 Å². The Morgan fingerprint density at radius 3 is 2.65 bits per heavy atom. The minimum atomic E-state index is -0.164. The fourth-order valence-electron chi connectivity index (χ4n) is 3.64. The van der Waals surface area contributed by atoms with Crippen LogP contribution in [0.15, 0.2) is 72.8 Å². The maximum absolute atomic E-state index is 13.4. The number of rotatable bonds is 6. The third kappa shape index (κ3) is 5.09. The van der Waals surface area contributed by atoms with E-state index in [2.05, 4.69) is 5.32 Å². The van der Waals surface area contributed by atoms with E-state index < -0.39 is 0 Å². The number of amides is 1. The summed E-state index contributed by atoms with van der Waals surface area (Å²) in [6.45, 7) is 3.11. The molecule has 1 unspecified atom stereocenters. The van der Waals surface area contributed by atoms with Gasteiger partial charge in [0.15, 0.2) is 0 Å². The first-order valence-corrected chi connectivity index (χ1v) is 10.7. The van der Waals surface area contributed by atoms with Crippen molar-refractivity contribution < 1.29 is 14.3 Å². The van der Waals surface area contributed by atoms with Crippen LogP contribution in [0.5, 0.6) is 11.5 Å². The average molecular weight is 434 g/mol. The first-order valence-electron chi connectivity index (χ1n) is 10.4. The molecule has 158 valence electrons. The Morgan fingerprint density at radius 1 is 1.13 bits per heavy atom. The van der Waals surface area contributed by atoms with Crippen molar-refractivity contribution in [2.24, 2.45) is 0 Å². The Hall–Kier alpha value is -3.24. The predicted octanol–water partition coefficient (Wildman–Crippen LogP) is 5.92. The number of ether oxygens (including phenoxy) is 2. The smallest absolute Gasteiger partial charge is 0.252 e. The zero-order chi connectivity index (χ0) is 21.6. The summed E-state index contributed by atoms with van der Waals surface area (Å²) >= 11 is 6.19. The van der Waals surface area contributed by atoms with Crippen LogP contribution in [0.1, 0.15) is 36.1 Å². The lowest BCUT2D eigenvalue weighted by Gasteiger charge is -2.27. The van der Waals surface area contributed by atoms with E-state index in [0.717, 1.165) is 28.2 Å². The molecular weight excluding hydrogens is 410 g/mol. The van der Waals surface area contributed by atoms with Gasteiger partial charge in [-0.05, 0) is 54.5 Å².